The van der Waals surface area contributed by atoms with E-state index >= 15 is 0 Å². The van der Waals surface area contributed by atoms with E-state index in [4.69, 9.17) is 5.11 Å². The van der Waals surface area contributed by atoms with Crippen LogP contribution in [0.3, 0.4) is 0 Å². The summed E-state index contributed by atoms with van der Waals surface area (Å²) < 4.78 is 1.75. The molecule has 0 aliphatic rings. The predicted molar refractivity (Wildman–Crippen MR) is 49.9 cm³/mol. The maximum atomic E-state index is 11.2. The molecule has 0 unspecified atom stereocenters. The lowest BCUT2D eigenvalue weighted by atomic mass is 10.4. The molecule has 0 saturated carbocycles. The molecule has 0 fully saturated rings. The van der Waals surface area contributed by atoms with Gasteiger partial charge in [-0.1, -0.05) is 0 Å². The summed E-state index contributed by atoms with van der Waals surface area (Å²) in [7, 11) is 0. The molecule has 2 aromatic rings. The maximum Gasteiger partial charge on any atom is 0.278 e. The molecule has 74 valence electrons. The third kappa shape index (κ3) is 1.39. The molecular weight excluding hydrogens is 184 g/mol. The number of nitrogens with one attached hydrogen (secondary N) is 1. The topological polar surface area (TPSA) is 83.8 Å². The highest BCUT2D eigenvalue weighted by Crippen LogP contribution is 2.03. The Hall–Kier alpha value is -1.69. The lowest BCUT2D eigenvalue weighted by Crippen LogP contribution is -2.07. The van der Waals surface area contributed by atoms with E-state index in [2.05, 4.69) is 15.0 Å². The molecule has 2 rings (SSSR count). The lowest BCUT2D eigenvalue weighted by molar-refractivity contribution is 0.280. The summed E-state index contributed by atoms with van der Waals surface area (Å²) in [6, 6.07) is 0. The highest BCUT2D eigenvalue weighted by atomic mass is 16.3. The van der Waals surface area contributed by atoms with Crippen molar-refractivity contribution in [1.82, 2.24) is 19.5 Å². The average Bonchev–Trinajstić information content (AvgIpc) is 2.60. The van der Waals surface area contributed by atoms with Crippen molar-refractivity contribution in [2.24, 2.45) is 0 Å². The summed E-state index contributed by atoms with van der Waals surface area (Å²) in [6.07, 6.45) is 3.53. The highest BCUT2D eigenvalue weighted by Gasteiger charge is 2.05. The summed E-state index contributed by atoms with van der Waals surface area (Å²) in [4.78, 5) is 21.7. The van der Waals surface area contributed by atoms with E-state index in [-0.39, 0.29) is 12.2 Å². The quantitative estimate of drug-likeness (QED) is 0.690. The lowest BCUT2D eigenvalue weighted by Gasteiger charge is -1.99. The molecule has 2 heterocycles. The van der Waals surface area contributed by atoms with Gasteiger partial charge >= 0.3 is 0 Å². The molecule has 0 amide bonds. The molecule has 0 aliphatic carbocycles. The number of H-pyrrole nitrogens is 1. The molecule has 0 saturated heterocycles. The van der Waals surface area contributed by atoms with Gasteiger partial charge in [0.2, 0.25) is 0 Å². The van der Waals surface area contributed by atoms with Gasteiger partial charge in [0.05, 0.1) is 12.7 Å². The smallest absolute Gasteiger partial charge is 0.278 e. The van der Waals surface area contributed by atoms with E-state index in [0.29, 0.717) is 24.1 Å². The Bertz CT molecular complexity index is 487. The van der Waals surface area contributed by atoms with E-state index in [1.54, 1.807) is 10.9 Å². The molecule has 0 aromatic carbocycles. The van der Waals surface area contributed by atoms with Crippen molar-refractivity contribution < 1.29 is 5.11 Å². The van der Waals surface area contributed by atoms with Gasteiger partial charge < -0.3 is 14.7 Å². The summed E-state index contributed by atoms with van der Waals surface area (Å²) in [6.45, 7) is 0.728. The number of fused-ring (bicyclic) bond motifs is 1. The van der Waals surface area contributed by atoms with Gasteiger partial charge in [-0.05, 0) is 6.42 Å². The molecular formula is C8H10N4O2. The van der Waals surface area contributed by atoms with Gasteiger partial charge in [0.15, 0.2) is 11.2 Å². The fourth-order valence-electron chi connectivity index (χ4n) is 1.30. The minimum Gasteiger partial charge on any atom is -0.396 e. The zero-order chi connectivity index (χ0) is 9.97. The minimum absolute atomic E-state index is 0.114. The van der Waals surface area contributed by atoms with Crippen LogP contribution in [0.2, 0.25) is 0 Å². The van der Waals surface area contributed by atoms with Crippen LogP contribution in [0.25, 0.3) is 11.2 Å². The van der Waals surface area contributed by atoms with E-state index in [1.807, 2.05) is 0 Å². The summed E-state index contributed by atoms with van der Waals surface area (Å²) in [5.74, 6) is 0. The van der Waals surface area contributed by atoms with Gasteiger partial charge in [0, 0.05) is 13.2 Å². The Balaban J connectivity index is 2.47. The first-order valence-corrected chi connectivity index (χ1v) is 4.32. The number of hydrogen-bond acceptors (Lipinski definition) is 4. The molecule has 2 aromatic heterocycles. The maximum absolute atomic E-state index is 11.2. The second-order valence-electron chi connectivity index (χ2n) is 2.92. The molecule has 2 N–H and O–H groups in total. The van der Waals surface area contributed by atoms with Crippen LogP contribution in [-0.2, 0) is 6.54 Å². The van der Waals surface area contributed by atoms with E-state index < -0.39 is 0 Å². The Morgan fingerprint density at radius 1 is 1.50 bits per heavy atom. The molecule has 0 spiro atoms. The van der Waals surface area contributed by atoms with Crippen molar-refractivity contribution in [2.75, 3.05) is 6.61 Å². The average molecular weight is 194 g/mol. The van der Waals surface area contributed by atoms with Gasteiger partial charge in [-0.15, -0.1) is 0 Å². The Labute approximate surface area is 79.2 Å². The van der Waals surface area contributed by atoms with Gasteiger partial charge in [-0.3, -0.25) is 4.79 Å². The van der Waals surface area contributed by atoms with Crippen molar-refractivity contribution in [2.45, 2.75) is 13.0 Å². The van der Waals surface area contributed by atoms with Crippen LogP contribution in [0.5, 0.6) is 0 Å². The number of aliphatic hydroxyl groups excluding tert-OH is 1. The Morgan fingerprint density at radius 2 is 2.36 bits per heavy atom. The number of aromatic nitrogens is 4. The minimum atomic E-state index is -0.238. The molecule has 0 radical (unpaired) electrons. The van der Waals surface area contributed by atoms with Crippen LogP contribution < -0.4 is 5.56 Å². The molecule has 0 atom stereocenters. The SMILES string of the molecule is O=c1[nH]cnc2c1ncn2CCCO. The Morgan fingerprint density at radius 3 is 3.14 bits per heavy atom. The monoisotopic (exact) mass is 194 g/mol. The van der Waals surface area contributed by atoms with Crippen LogP contribution >= 0.6 is 0 Å². The normalized spacial score (nSPS) is 10.9. The van der Waals surface area contributed by atoms with Gasteiger partial charge in [0.25, 0.3) is 5.56 Å². The van der Waals surface area contributed by atoms with Gasteiger partial charge in [-0.25, -0.2) is 9.97 Å². The van der Waals surface area contributed by atoms with Crippen LogP contribution in [0, 0.1) is 0 Å². The molecule has 6 nitrogen and oxygen atoms in total. The number of aliphatic hydroxyl groups is 1. The largest absolute Gasteiger partial charge is 0.396 e. The fourth-order valence-corrected chi connectivity index (χ4v) is 1.30. The third-order valence-corrected chi connectivity index (χ3v) is 1.96. The first-order valence-electron chi connectivity index (χ1n) is 4.32. The van der Waals surface area contributed by atoms with Crippen molar-refractivity contribution >= 4 is 11.2 Å². The van der Waals surface area contributed by atoms with Crippen LogP contribution in [0.1, 0.15) is 6.42 Å². The predicted octanol–water partition coefficient (Wildman–Crippen LogP) is -0.498. The van der Waals surface area contributed by atoms with E-state index in [9.17, 15) is 4.79 Å². The van der Waals surface area contributed by atoms with E-state index in [1.165, 1.54) is 6.33 Å². The number of aryl methyl sites for hydroxylation is 1. The first-order chi connectivity index (χ1) is 6.83. The number of nitrogens with zero attached hydrogens (tertiary/aromatic N) is 3. The molecule has 0 bridgehead atoms. The second kappa shape index (κ2) is 3.59. The van der Waals surface area contributed by atoms with Crippen molar-refractivity contribution in [3.8, 4) is 0 Å². The highest BCUT2D eigenvalue weighted by molar-refractivity contribution is 5.68. The standard InChI is InChI=1S/C8H10N4O2/c13-3-1-2-12-5-11-6-7(12)9-4-10-8(6)14/h4-5,13H,1-3H2,(H,9,10,14). The van der Waals surface area contributed by atoms with Crippen LogP contribution in [0.15, 0.2) is 17.4 Å². The van der Waals surface area contributed by atoms with Gasteiger partial charge in [0.1, 0.15) is 0 Å². The van der Waals surface area contributed by atoms with Crippen LogP contribution in [-0.4, -0.2) is 31.2 Å². The van der Waals surface area contributed by atoms with Crippen molar-refractivity contribution in [3.05, 3.63) is 23.0 Å². The number of aromatic amines is 1. The van der Waals surface area contributed by atoms with Crippen molar-refractivity contribution in [1.29, 1.82) is 0 Å². The fraction of sp³-hybridized carbons (Fsp3) is 0.375. The number of hydrogen-bond donors (Lipinski definition) is 2. The molecule has 0 aliphatic heterocycles. The van der Waals surface area contributed by atoms with Crippen LogP contribution in [0.4, 0.5) is 0 Å². The Kier molecular flexibility index (Phi) is 2.28. The summed E-state index contributed by atoms with van der Waals surface area (Å²) in [5.41, 5.74) is 0.658. The summed E-state index contributed by atoms with van der Waals surface area (Å²) in [5, 5.41) is 8.67. The number of rotatable bonds is 3. The van der Waals surface area contributed by atoms with E-state index in [0.717, 1.165) is 0 Å². The zero-order valence-electron chi connectivity index (χ0n) is 7.47. The molecule has 6 heteroatoms. The molecule has 14 heavy (non-hydrogen) atoms. The zero-order valence-corrected chi connectivity index (χ0v) is 7.47. The second-order valence-corrected chi connectivity index (χ2v) is 2.92. The third-order valence-electron chi connectivity index (χ3n) is 1.96. The van der Waals surface area contributed by atoms with Crippen molar-refractivity contribution in [3.63, 3.8) is 0 Å². The number of imidazole rings is 1. The van der Waals surface area contributed by atoms with Gasteiger partial charge in [-0.2, -0.15) is 0 Å². The first kappa shape index (κ1) is 8.89. The summed E-state index contributed by atoms with van der Waals surface area (Å²) >= 11 is 0.